The summed E-state index contributed by atoms with van der Waals surface area (Å²) in [4.78, 5) is 12.1. The zero-order chi connectivity index (χ0) is 18.1. The predicted octanol–water partition coefficient (Wildman–Crippen LogP) is 3.49. The van der Waals surface area contributed by atoms with Gasteiger partial charge in [-0.3, -0.25) is 4.90 Å². The second-order valence-corrected chi connectivity index (χ2v) is 7.68. The molecule has 1 aromatic rings. The number of nitrogens with zero attached hydrogens (tertiary/aromatic N) is 4. The lowest BCUT2D eigenvalue weighted by atomic mass is 10.1. The average molecular weight is 338 g/mol. The van der Waals surface area contributed by atoms with E-state index in [4.69, 9.17) is 11.4 Å². The molecule has 2 heterocycles. The van der Waals surface area contributed by atoms with Crippen molar-refractivity contribution in [3.63, 3.8) is 0 Å². The Bertz CT molecular complexity index is 684. The van der Waals surface area contributed by atoms with Gasteiger partial charge in [-0.15, -0.1) is 6.42 Å². The van der Waals surface area contributed by atoms with Gasteiger partial charge >= 0.3 is 0 Å². The molecule has 1 atom stereocenters. The van der Waals surface area contributed by atoms with Crippen LogP contribution >= 0.6 is 0 Å². The van der Waals surface area contributed by atoms with Crippen molar-refractivity contribution in [2.75, 3.05) is 29.9 Å². The number of hydrogen-bond donors (Lipinski definition) is 0. The van der Waals surface area contributed by atoms with E-state index in [0.29, 0.717) is 24.5 Å². The maximum atomic E-state index is 5.53. The Morgan fingerprint density at radius 2 is 2.12 bits per heavy atom. The van der Waals surface area contributed by atoms with Gasteiger partial charge in [0.05, 0.1) is 17.9 Å². The monoisotopic (exact) mass is 338 g/mol. The first-order valence-electron chi connectivity index (χ1n) is 9.29. The summed E-state index contributed by atoms with van der Waals surface area (Å²) in [5.74, 6) is 4.30. The Labute approximate surface area is 152 Å². The van der Waals surface area contributed by atoms with Gasteiger partial charge in [0.1, 0.15) is 0 Å². The number of anilines is 2. The van der Waals surface area contributed by atoms with Gasteiger partial charge < -0.3 is 9.80 Å². The van der Waals surface area contributed by atoms with Gasteiger partial charge in [0.15, 0.2) is 5.82 Å². The third kappa shape index (κ3) is 3.67. The van der Waals surface area contributed by atoms with Gasteiger partial charge in [0.2, 0.25) is 0 Å². The van der Waals surface area contributed by atoms with Crippen molar-refractivity contribution in [2.24, 2.45) is 5.92 Å². The Morgan fingerprint density at radius 1 is 1.40 bits per heavy atom. The summed E-state index contributed by atoms with van der Waals surface area (Å²) < 4.78 is 0. The van der Waals surface area contributed by atoms with Crippen molar-refractivity contribution in [1.29, 1.82) is 0 Å². The SMILES string of the molecule is C#CCN(Cc1ccc2c(n1)N(C1CC1)CC(C)C(=C)N2C)C(C)C. The Kier molecular flexibility index (Phi) is 5.06. The number of aromatic nitrogens is 1. The average Bonchev–Trinajstić information content (AvgIpc) is 3.42. The highest BCUT2D eigenvalue weighted by Gasteiger charge is 2.36. The van der Waals surface area contributed by atoms with Crippen LogP contribution < -0.4 is 9.80 Å². The van der Waals surface area contributed by atoms with Gasteiger partial charge in [0, 0.05) is 43.8 Å². The van der Waals surface area contributed by atoms with Crippen LogP contribution in [0.3, 0.4) is 0 Å². The fourth-order valence-corrected chi connectivity index (χ4v) is 3.47. The molecule has 1 fully saturated rings. The summed E-state index contributed by atoms with van der Waals surface area (Å²) in [7, 11) is 2.11. The topological polar surface area (TPSA) is 22.6 Å². The molecule has 134 valence electrons. The molecule has 0 aromatic carbocycles. The number of hydrogen-bond acceptors (Lipinski definition) is 4. The van der Waals surface area contributed by atoms with Crippen LogP contribution in [0.15, 0.2) is 24.4 Å². The number of pyridine rings is 1. The molecule has 1 aliphatic carbocycles. The number of rotatable bonds is 5. The minimum atomic E-state index is 0.402. The molecular formula is C21H30N4. The largest absolute Gasteiger partial charge is 0.351 e. The molecule has 0 saturated heterocycles. The van der Waals surface area contributed by atoms with E-state index in [-0.39, 0.29) is 0 Å². The number of terminal acetylenes is 1. The predicted molar refractivity (Wildman–Crippen MR) is 106 cm³/mol. The molecule has 25 heavy (non-hydrogen) atoms. The molecule has 4 nitrogen and oxygen atoms in total. The fraction of sp³-hybridized carbons (Fsp3) is 0.571. The summed E-state index contributed by atoms with van der Waals surface area (Å²) in [6, 6.07) is 5.37. The van der Waals surface area contributed by atoms with Crippen LogP contribution in [0.25, 0.3) is 0 Å². The van der Waals surface area contributed by atoms with Crippen molar-refractivity contribution in [3.05, 3.63) is 30.1 Å². The normalized spacial score (nSPS) is 20.7. The van der Waals surface area contributed by atoms with Crippen LogP contribution in [0.1, 0.15) is 39.3 Å². The standard InChI is InChI=1S/C21H30N4/c1-7-12-24(15(2)3)14-18-8-11-20-21(22-18)25(19-9-10-19)13-16(4)17(5)23(20)6/h1,8,11,15-16,19H,5,9-10,12-14H2,2-4,6H3. The van der Waals surface area contributed by atoms with Gasteiger partial charge in [-0.2, -0.15) is 0 Å². The van der Waals surface area contributed by atoms with Crippen LogP contribution in [-0.4, -0.2) is 42.1 Å². The zero-order valence-electron chi connectivity index (χ0n) is 16.0. The van der Waals surface area contributed by atoms with E-state index < -0.39 is 0 Å². The summed E-state index contributed by atoms with van der Waals surface area (Å²) in [6.07, 6.45) is 8.07. The lowest BCUT2D eigenvalue weighted by Gasteiger charge is -2.27. The summed E-state index contributed by atoms with van der Waals surface area (Å²) in [6.45, 7) is 13.4. The lowest BCUT2D eigenvalue weighted by Crippen LogP contribution is -2.32. The third-order valence-corrected chi connectivity index (χ3v) is 5.39. The Balaban J connectivity index is 1.95. The molecule has 0 N–H and O–H groups in total. The fourth-order valence-electron chi connectivity index (χ4n) is 3.47. The lowest BCUT2D eigenvalue weighted by molar-refractivity contribution is 0.238. The molecule has 0 amide bonds. The molecule has 2 aliphatic rings. The van der Waals surface area contributed by atoms with Crippen LogP contribution in [-0.2, 0) is 6.54 Å². The van der Waals surface area contributed by atoms with E-state index in [9.17, 15) is 0 Å². The van der Waals surface area contributed by atoms with Gasteiger partial charge in [-0.25, -0.2) is 4.98 Å². The summed E-state index contributed by atoms with van der Waals surface area (Å²) in [5.41, 5.74) is 3.41. The molecule has 1 aromatic heterocycles. The van der Waals surface area contributed by atoms with Crippen molar-refractivity contribution in [3.8, 4) is 12.3 Å². The van der Waals surface area contributed by atoms with E-state index in [1.54, 1.807) is 0 Å². The molecule has 1 unspecified atom stereocenters. The molecule has 4 heteroatoms. The minimum Gasteiger partial charge on any atom is -0.351 e. The second kappa shape index (κ2) is 7.09. The minimum absolute atomic E-state index is 0.402. The van der Waals surface area contributed by atoms with E-state index in [1.807, 2.05) is 0 Å². The molecule has 0 radical (unpaired) electrons. The van der Waals surface area contributed by atoms with Crippen LogP contribution in [0.2, 0.25) is 0 Å². The highest BCUT2D eigenvalue weighted by molar-refractivity contribution is 5.71. The van der Waals surface area contributed by atoms with Crippen molar-refractivity contribution < 1.29 is 0 Å². The van der Waals surface area contributed by atoms with Gasteiger partial charge in [-0.05, 0) is 38.8 Å². The van der Waals surface area contributed by atoms with E-state index in [1.165, 1.54) is 12.8 Å². The molecule has 0 spiro atoms. The summed E-state index contributed by atoms with van der Waals surface area (Å²) in [5, 5.41) is 0. The van der Waals surface area contributed by atoms with E-state index in [2.05, 4.69) is 67.2 Å². The van der Waals surface area contributed by atoms with Crippen molar-refractivity contribution in [2.45, 2.75) is 52.2 Å². The highest BCUT2D eigenvalue weighted by Crippen LogP contribution is 2.41. The van der Waals surface area contributed by atoms with Gasteiger partial charge in [-0.1, -0.05) is 19.4 Å². The molecule has 0 bridgehead atoms. The molecule has 1 aliphatic heterocycles. The van der Waals surface area contributed by atoms with Crippen LogP contribution in [0.4, 0.5) is 11.5 Å². The molecule has 1 saturated carbocycles. The summed E-state index contributed by atoms with van der Waals surface area (Å²) >= 11 is 0. The third-order valence-electron chi connectivity index (χ3n) is 5.39. The van der Waals surface area contributed by atoms with Crippen LogP contribution in [0, 0.1) is 18.3 Å². The zero-order valence-corrected chi connectivity index (χ0v) is 16.0. The smallest absolute Gasteiger partial charge is 0.153 e. The highest BCUT2D eigenvalue weighted by atomic mass is 15.3. The number of fused-ring (bicyclic) bond motifs is 1. The Hall–Kier alpha value is -1.99. The maximum absolute atomic E-state index is 5.53. The maximum Gasteiger partial charge on any atom is 0.153 e. The van der Waals surface area contributed by atoms with E-state index >= 15 is 0 Å². The Morgan fingerprint density at radius 3 is 2.72 bits per heavy atom. The van der Waals surface area contributed by atoms with Gasteiger partial charge in [0.25, 0.3) is 0 Å². The molecule has 3 rings (SSSR count). The quantitative estimate of drug-likeness (QED) is 0.767. The first-order chi connectivity index (χ1) is 11.9. The first kappa shape index (κ1) is 17.8. The second-order valence-electron chi connectivity index (χ2n) is 7.68. The van der Waals surface area contributed by atoms with Crippen molar-refractivity contribution in [1.82, 2.24) is 9.88 Å². The molecular weight excluding hydrogens is 308 g/mol. The first-order valence-corrected chi connectivity index (χ1v) is 9.29. The van der Waals surface area contributed by atoms with Crippen molar-refractivity contribution >= 4 is 11.5 Å². The van der Waals surface area contributed by atoms with Crippen LogP contribution in [0.5, 0.6) is 0 Å². The van der Waals surface area contributed by atoms with E-state index in [0.717, 1.165) is 36.0 Å².